The number of hydrogen-bond donors (Lipinski definition) is 4. The Labute approximate surface area is 379 Å². The molecule has 340 valence electrons. The van der Waals surface area contributed by atoms with E-state index >= 15 is 0 Å². The Kier molecular flexibility index (Phi) is 25.0. The van der Waals surface area contributed by atoms with Crippen molar-refractivity contribution in [3.05, 3.63) is 137 Å². The Bertz CT molecular complexity index is 1900. The van der Waals surface area contributed by atoms with Crippen LogP contribution in [0.1, 0.15) is 29.7 Å². The standard InChI is InChI=1S/C11H13BrF3NSi.C9H9BrF3NO.2C8H5BrF3N.CH4O.CH4/c1-17(2,3)16-10(11(13,14)15)8-4-6-9(12)7-5-8;1-15-8(14,9(11,12)13)6-2-4-7(10)5-3-6;2*9-6-3-1-5(2-4-6)7(13)8(10,11)12;1-2;/h4-7H,1-3H3;2-5H,14H2,1H3;2*1-4,13H;2H,1H3;1H4. The van der Waals surface area contributed by atoms with Crippen LogP contribution in [0.5, 0.6) is 0 Å². The summed E-state index contributed by atoms with van der Waals surface area (Å²) in [6.07, 6.45) is -18.2. The fourth-order valence-electron chi connectivity index (χ4n) is 3.89. The van der Waals surface area contributed by atoms with Crippen LogP contribution in [0.2, 0.25) is 19.6 Å². The molecule has 0 bridgehead atoms. The van der Waals surface area contributed by atoms with E-state index in [4.69, 9.17) is 21.7 Å². The lowest BCUT2D eigenvalue weighted by Gasteiger charge is -2.30. The maximum Gasteiger partial charge on any atom is 0.435 e. The van der Waals surface area contributed by atoms with Gasteiger partial charge in [-0.05, 0) is 68.2 Å². The van der Waals surface area contributed by atoms with Crippen molar-refractivity contribution in [2.45, 2.75) is 57.5 Å². The van der Waals surface area contributed by atoms with Gasteiger partial charge in [-0.2, -0.15) is 52.7 Å². The molecular formula is C38H40Br4F12N4O2Si. The number of aliphatic hydroxyl groups is 1. The van der Waals surface area contributed by atoms with Crippen LogP contribution in [0.15, 0.2) is 120 Å². The third kappa shape index (κ3) is 21.3. The highest BCUT2D eigenvalue weighted by atomic mass is 79.9. The molecule has 4 rings (SSSR count). The summed E-state index contributed by atoms with van der Waals surface area (Å²) in [6, 6.07) is 22.4. The van der Waals surface area contributed by atoms with Crippen LogP contribution >= 0.6 is 63.7 Å². The smallest absolute Gasteiger partial charge is 0.400 e. The summed E-state index contributed by atoms with van der Waals surface area (Å²) in [5.41, 5.74) is -1.27. The molecule has 0 fully saturated rings. The Hall–Kier alpha value is -2.93. The predicted molar refractivity (Wildman–Crippen MR) is 232 cm³/mol. The number of halogens is 16. The third-order valence-electron chi connectivity index (χ3n) is 6.68. The van der Waals surface area contributed by atoms with Crippen molar-refractivity contribution >= 4 is 89.1 Å². The monoisotopic (exact) mass is 1160 g/mol. The van der Waals surface area contributed by atoms with Gasteiger partial charge < -0.3 is 14.5 Å². The van der Waals surface area contributed by atoms with Crippen LogP contribution in [0.4, 0.5) is 52.7 Å². The highest BCUT2D eigenvalue weighted by molar-refractivity contribution is 9.11. The molecule has 0 aliphatic heterocycles. The van der Waals surface area contributed by atoms with E-state index in [0.717, 1.165) is 18.7 Å². The second-order valence-corrected chi connectivity index (χ2v) is 20.6. The number of alkyl halides is 12. The van der Waals surface area contributed by atoms with Gasteiger partial charge in [-0.25, -0.2) is 0 Å². The maximum absolute atomic E-state index is 12.9. The largest absolute Gasteiger partial charge is 0.435 e. The highest BCUT2D eigenvalue weighted by Gasteiger charge is 2.54. The van der Waals surface area contributed by atoms with E-state index in [-0.39, 0.29) is 29.7 Å². The number of methoxy groups -OCH3 is 1. The van der Waals surface area contributed by atoms with Crippen LogP contribution in [0, 0.1) is 10.8 Å². The minimum Gasteiger partial charge on any atom is -0.400 e. The molecule has 61 heavy (non-hydrogen) atoms. The van der Waals surface area contributed by atoms with Crippen molar-refractivity contribution in [3.8, 4) is 0 Å². The lowest BCUT2D eigenvalue weighted by atomic mass is 10.0. The van der Waals surface area contributed by atoms with E-state index in [1.807, 2.05) is 0 Å². The summed E-state index contributed by atoms with van der Waals surface area (Å²) in [7, 11) is -0.244. The third-order valence-corrected chi connectivity index (χ3v) is 9.69. The van der Waals surface area contributed by atoms with Gasteiger partial charge in [0.2, 0.25) is 5.72 Å². The zero-order chi connectivity index (χ0) is 47.1. The summed E-state index contributed by atoms with van der Waals surface area (Å²) in [5.74, 6) is 0. The van der Waals surface area contributed by atoms with Gasteiger partial charge in [-0.15, -0.1) is 0 Å². The van der Waals surface area contributed by atoms with Gasteiger partial charge in [0, 0.05) is 54.4 Å². The van der Waals surface area contributed by atoms with Gasteiger partial charge in [0.15, 0.2) is 8.24 Å². The molecule has 4 aromatic carbocycles. The van der Waals surface area contributed by atoms with Crippen molar-refractivity contribution in [1.29, 1.82) is 10.8 Å². The molecule has 0 heterocycles. The highest BCUT2D eigenvalue weighted by Crippen LogP contribution is 2.37. The van der Waals surface area contributed by atoms with Gasteiger partial charge in [0.05, 0.1) is 0 Å². The van der Waals surface area contributed by atoms with E-state index in [9.17, 15) is 52.7 Å². The van der Waals surface area contributed by atoms with Crippen LogP contribution < -0.4 is 5.73 Å². The molecule has 5 N–H and O–H groups in total. The van der Waals surface area contributed by atoms with Crippen LogP contribution in [0.3, 0.4) is 0 Å². The summed E-state index contributed by atoms with van der Waals surface area (Å²) in [4.78, 5) is 0. The molecule has 23 heteroatoms. The van der Waals surface area contributed by atoms with Crippen molar-refractivity contribution in [2.24, 2.45) is 10.4 Å². The van der Waals surface area contributed by atoms with Gasteiger partial charge in [0.1, 0.15) is 17.1 Å². The molecule has 1 atom stereocenters. The summed E-state index contributed by atoms with van der Waals surface area (Å²) >= 11 is 12.5. The molecule has 0 aliphatic rings. The Morgan fingerprint density at radius 1 is 0.541 bits per heavy atom. The molecular weight excluding hydrogens is 1120 g/mol. The molecule has 0 amide bonds. The number of hydrogen-bond acceptors (Lipinski definition) is 6. The number of aliphatic hydroxyl groups excluding tert-OH is 1. The molecule has 6 nitrogen and oxygen atoms in total. The molecule has 1 unspecified atom stereocenters. The first-order valence-electron chi connectivity index (χ1n) is 16.1. The number of ether oxygens (including phenoxy) is 1. The minimum absolute atomic E-state index is 0. The number of nitrogens with one attached hydrogen (secondary N) is 2. The Morgan fingerprint density at radius 2 is 0.803 bits per heavy atom. The number of rotatable bonds is 6. The zero-order valence-electron chi connectivity index (χ0n) is 31.7. The van der Waals surface area contributed by atoms with E-state index in [1.165, 1.54) is 84.9 Å². The second kappa shape index (κ2) is 25.4. The van der Waals surface area contributed by atoms with Gasteiger partial charge >= 0.3 is 24.7 Å². The normalized spacial score (nSPS) is 12.8. The van der Waals surface area contributed by atoms with Crippen LogP contribution in [-0.4, -0.2) is 69.4 Å². The average molecular weight is 1160 g/mol. The molecule has 0 aliphatic carbocycles. The Morgan fingerprint density at radius 3 is 1.02 bits per heavy atom. The maximum atomic E-state index is 12.9. The average Bonchev–Trinajstić information content (AvgIpc) is 3.14. The summed E-state index contributed by atoms with van der Waals surface area (Å²) < 4.78 is 160. The zero-order valence-corrected chi connectivity index (χ0v) is 39.0. The lowest BCUT2D eigenvalue weighted by molar-refractivity contribution is -0.274. The topological polar surface area (TPSA) is 116 Å². The molecule has 0 saturated carbocycles. The van der Waals surface area contributed by atoms with Crippen molar-refractivity contribution in [3.63, 3.8) is 0 Å². The molecule has 4 aromatic rings. The first-order chi connectivity index (χ1) is 27.2. The predicted octanol–water partition coefficient (Wildman–Crippen LogP) is 14.4. The fraction of sp³-hybridized carbons (Fsp3) is 0.289. The van der Waals surface area contributed by atoms with Gasteiger partial charge in [0.25, 0.3) is 0 Å². The second-order valence-electron chi connectivity index (χ2n) is 12.3. The number of benzene rings is 4. The van der Waals surface area contributed by atoms with Crippen molar-refractivity contribution in [2.75, 3.05) is 14.2 Å². The SMILES string of the molecule is C.CO.COC(N)(c1ccc(Br)cc1)C(F)(F)F.C[Si](C)(C)N=C(c1ccc(Br)cc1)C(F)(F)F.N=C(c1ccc(Br)cc1)C(F)(F)F.N=C(c1ccc(Br)cc1)C(F)(F)F. The molecule has 0 radical (unpaired) electrons. The van der Waals surface area contributed by atoms with E-state index in [1.54, 1.807) is 31.8 Å². The molecule has 0 spiro atoms. The van der Waals surface area contributed by atoms with Crippen LogP contribution in [-0.2, 0) is 10.5 Å². The Balaban J connectivity index is 0. The van der Waals surface area contributed by atoms with Crippen molar-refractivity contribution in [1.82, 2.24) is 0 Å². The summed E-state index contributed by atoms with van der Waals surface area (Å²) in [5, 5.41) is 20.6. The minimum atomic E-state index is -4.66. The first-order valence-corrected chi connectivity index (χ1v) is 22.7. The van der Waals surface area contributed by atoms with E-state index in [2.05, 4.69) is 73.1 Å². The molecule has 0 saturated heterocycles. The number of nitrogens with two attached hydrogens (primary N) is 1. The quantitative estimate of drug-likeness (QED) is 0.0667. The van der Waals surface area contributed by atoms with E-state index in [0.29, 0.717) is 13.4 Å². The van der Waals surface area contributed by atoms with Gasteiger partial charge in [-0.1, -0.05) is 120 Å². The van der Waals surface area contributed by atoms with Gasteiger partial charge in [-0.3, -0.25) is 16.6 Å². The van der Waals surface area contributed by atoms with Crippen molar-refractivity contribution < 1.29 is 62.5 Å². The van der Waals surface area contributed by atoms with E-state index < -0.39 is 55.8 Å². The fourth-order valence-corrected chi connectivity index (χ4v) is 5.87. The van der Waals surface area contributed by atoms with Crippen LogP contribution in [0.25, 0.3) is 0 Å². The first kappa shape index (κ1) is 60.2. The lowest BCUT2D eigenvalue weighted by Crippen LogP contribution is -2.51. The molecule has 0 aromatic heterocycles. The number of nitrogens with zero attached hydrogens (tertiary/aromatic N) is 1. The summed E-state index contributed by atoms with van der Waals surface area (Å²) in [6.45, 7) is 5.33.